The number of nitrogen functional groups attached to an aromatic ring is 1. The van der Waals surface area contributed by atoms with Gasteiger partial charge in [-0.15, -0.1) is 0 Å². The van der Waals surface area contributed by atoms with Gasteiger partial charge in [-0.3, -0.25) is 4.68 Å². The Bertz CT molecular complexity index is 548. The largest absolute Gasteiger partial charge is 0.395 e. The van der Waals surface area contributed by atoms with Crippen LogP contribution in [0.5, 0.6) is 0 Å². The molecule has 18 heavy (non-hydrogen) atoms. The van der Waals surface area contributed by atoms with Gasteiger partial charge in [-0.2, -0.15) is 5.10 Å². The highest BCUT2D eigenvalue weighted by molar-refractivity contribution is 5.66. The summed E-state index contributed by atoms with van der Waals surface area (Å²) in [7, 11) is 1.89. The summed E-state index contributed by atoms with van der Waals surface area (Å²) in [6.45, 7) is 2.65. The molecule has 2 rings (SSSR count). The fourth-order valence-electron chi connectivity index (χ4n) is 1.91. The van der Waals surface area contributed by atoms with E-state index in [2.05, 4.69) is 17.3 Å². The molecule has 0 spiro atoms. The summed E-state index contributed by atoms with van der Waals surface area (Å²) in [5, 5.41) is 7.49. The normalized spacial score (nSPS) is 10.6. The molecule has 0 aliphatic rings. The number of anilines is 2. The molecule has 0 radical (unpaired) electrons. The van der Waals surface area contributed by atoms with Crippen LogP contribution in [0.1, 0.15) is 18.2 Å². The van der Waals surface area contributed by atoms with Gasteiger partial charge in [0.1, 0.15) is 5.82 Å². The molecule has 4 nitrogen and oxygen atoms in total. The van der Waals surface area contributed by atoms with E-state index in [1.54, 1.807) is 16.8 Å². The van der Waals surface area contributed by atoms with E-state index < -0.39 is 5.82 Å². The molecule has 0 atom stereocenters. The van der Waals surface area contributed by atoms with Crippen molar-refractivity contribution in [2.45, 2.75) is 19.9 Å². The SMILES string of the molecule is CCc1nn(C)cc1CNc1cccc(F)c1N. The maximum Gasteiger partial charge on any atom is 0.148 e. The molecule has 0 aliphatic heterocycles. The second-order valence-electron chi connectivity index (χ2n) is 4.18. The van der Waals surface area contributed by atoms with E-state index in [9.17, 15) is 4.39 Å². The third-order valence-electron chi connectivity index (χ3n) is 2.85. The maximum atomic E-state index is 13.3. The van der Waals surface area contributed by atoms with Crippen LogP contribution in [-0.2, 0) is 20.0 Å². The van der Waals surface area contributed by atoms with E-state index in [0.717, 1.165) is 17.7 Å². The van der Waals surface area contributed by atoms with Crippen LogP contribution >= 0.6 is 0 Å². The van der Waals surface area contributed by atoms with Gasteiger partial charge >= 0.3 is 0 Å². The number of para-hydroxylation sites is 1. The molecule has 1 heterocycles. The number of aryl methyl sites for hydroxylation is 2. The van der Waals surface area contributed by atoms with Gasteiger partial charge in [-0.1, -0.05) is 13.0 Å². The Morgan fingerprint density at radius 1 is 1.44 bits per heavy atom. The van der Waals surface area contributed by atoms with Crippen molar-refractivity contribution < 1.29 is 4.39 Å². The van der Waals surface area contributed by atoms with Crippen molar-refractivity contribution in [3.63, 3.8) is 0 Å². The Hall–Kier alpha value is -2.04. The molecule has 1 aromatic heterocycles. The quantitative estimate of drug-likeness (QED) is 0.816. The summed E-state index contributed by atoms with van der Waals surface area (Å²) < 4.78 is 15.1. The molecule has 0 unspecified atom stereocenters. The Morgan fingerprint density at radius 2 is 2.22 bits per heavy atom. The lowest BCUT2D eigenvalue weighted by Crippen LogP contribution is -2.04. The number of nitrogens with two attached hydrogens (primary N) is 1. The number of hydrogen-bond donors (Lipinski definition) is 2. The van der Waals surface area contributed by atoms with E-state index in [1.165, 1.54) is 6.07 Å². The molecule has 0 bridgehead atoms. The summed E-state index contributed by atoms with van der Waals surface area (Å²) in [5.41, 5.74) is 8.57. The summed E-state index contributed by atoms with van der Waals surface area (Å²) in [6, 6.07) is 4.75. The first-order valence-electron chi connectivity index (χ1n) is 5.91. The van der Waals surface area contributed by atoms with Crippen LogP contribution in [0.4, 0.5) is 15.8 Å². The molecule has 0 fully saturated rings. The third kappa shape index (κ3) is 2.45. The van der Waals surface area contributed by atoms with Gasteiger partial charge in [0.15, 0.2) is 0 Å². The van der Waals surface area contributed by atoms with Crippen LogP contribution < -0.4 is 11.1 Å². The number of rotatable bonds is 4. The second-order valence-corrected chi connectivity index (χ2v) is 4.18. The van der Waals surface area contributed by atoms with Gasteiger partial charge in [-0.05, 0) is 18.6 Å². The van der Waals surface area contributed by atoms with Gasteiger partial charge in [-0.25, -0.2) is 4.39 Å². The van der Waals surface area contributed by atoms with Crippen molar-refractivity contribution in [3.8, 4) is 0 Å². The molecular weight excluding hydrogens is 231 g/mol. The van der Waals surface area contributed by atoms with E-state index in [0.29, 0.717) is 12.2 Å². The highest BCUT2D eigenvalue weighted by atomic mass is 19.1. The van der Waals surface area contributed by atoms with Crippen LogP contribution in [0.15, 0.2) is 24.4 Å². The zero-order valence-corrected chi connectivity index (χ0v) is 10.6. The minimum absolute atomic E-state index is 0.152. The Kier molecular flexibility index (Phi) is 3.50. The molecule has 0 aliphatic carbocycles. The Morgan fingerprint density at radius 3 is 2.94 bits per heavy atom. The zero-order chi connectivity index (χ0) is 13.1. The standard InChI is InChI=1S/C13H17FN4/c1-3-11-9(8-18(2)17-11)7-16-12-6-4-5-10(14)13(12)15/h4-6,8,16H,3,7,15H2,1-2H3. The van der Waals surface area contributed by atoms with Crippen LogP contribution in [0, 0.1) is 5.82 Å². The van der Waals surface area contributed by atoms with E-state index in [4.69, 9.17) is 5.73 Å². The van der Waals surface area contributed by atoms with Gasteiger partial charge in [0.25, 0.3) is 0 Å². The van der Waals surface area contributed by atoms with Crippen LogP contribution in [0.25, 0.3) is 0 Å². The van der Waals surface area contributed by atoms with Crippen LogP contribution in [-0.4, -0.2) is 9.78 Å². The number of nitrogens with zero attached hydrogens (tertiary/aromatic N) is 2. The average molecular weight is 248 g/mol. The molecule has 5 heteroatoms. The van der Waals surface area contributed by atoms with E-state index in [-0.39, 0.29) is 5.69 Å². The van der Waals surface area contributed by atoms with Crippen molar-refractivity contribution in [3.05, 3.63) is 41.5 Å². The predicted molar refractivity (Wildman–Crippen MR) is 70.7 cm³/mol. The van der Waals surface area contributed by atoms with Crippen LogP contribution in [0.3, 0.4) is 0 Å². The van der Waals surface area contributed by atoms with Crippen molar-refractivity contribution in [2.75, 3.05) is 11.1 Å². The van der Waals surface area contributed by atoms with Gasteiger partial charge < -0.3 is 11.1 Å². The molecule has 2 aromatic rings. The Balaban J connectivity index is 2.13. The lowest BCUT2D eigenvalue weighted by atomic mass is 10.2. The maximum absolute atomic E-state index is 13.3. The molecular formula is C13H17FN4. The highest BCUT2D eigenvalue weighted by Gasteiger charge is 2.07. The Labute approximate surface area is 106 Å². The molecule has 0 amide bonds. The third-order valence-corrected chi connectivity index (χ3v) is 2.85. The van der Waals surface area contributed by atoms with Crippen LogP contribution in [0.2, 0.25) is 0 Å². The van der Waals surface area contributed by atoms with Gasteiger partial charge in [0.2, 0.25) is 0 Å². The second kappa shape index (κ2) is 5.08. The molecule has 0 saturated carbocycles. The lowest BCUT2D eigenvalue weighted by molar-refractivity contribution is 0.633. The molecule has 3 N–H and O–H groups in total. The van der Waals surface area contributed by atoms with Gasteiger partial charge in [0, 0.05) is 25.4 Å². The fraction of sp³-hybridized carbons (Fsp3) is 0.308. The van der Waals surface area contributed by atoms with Crippen molar-refractivity contribution in [2.24, 2.45) is 7.05 Å². The number of hydrogen-bond acceptors (Lipinski definition) is 3. The topological polar surface area (TPSA) is 55.9 Å². The van der Waals surface area contributed by atoms with Crippen molar-refractivity contribution >= 4 is 11.4 Å². The minimum Gasteiger partial charge on any atom is -0.395 e. The molecule has 0 saturated heterocycles. The number of benzene rings is 1. The van der Waals surface area contributed by atoms with Gasteiger partial charge in [0.05, 0.1) is 17.1 Å². The minimum atomic E-state index is -0.401. The zero-order valence-electron chi connectivity index (χ0n) is 10.6. The number of aromatic nitrogens is 2. The van der Waals surface area contributed by atoms with Crippen molar-refractivity contribution in [1.29, 1.82) is 0 Å². The molecule has 96 valence electrons. The van der Waals surface area contributed by atoms with E-state index in [1.807, 2.05) is 13.2 Å². The first-order chi connectivity index (χ1) is 8.61. The lowest BCUT2D eigenvalue weighted by Gasteiger charge is -2.09. The smallest absolute Gasteiger partial charge is 0.148 e. The highest BCUT2D eigenvalue weighted by Crippen LogP contribution is 2.22. The van der Waals surface area contributed by atoms with E-state index >= 15 is 0 Å². The summed E-state index contributed by atoms with van der Waals surface area (Å²) in [6.07, 6.45) is 2.83. The van der Waals surface area contributed by atoms with Crippen molar-refractivity contribution in [1.82, 2.24) is 9.78 Å². The average Bonchev–Trinajstić information content (AvgIpc) is 2.71. The monoisotopic (exact) mass is 248 g/mol. The number of nitrogens with one attached hydrogen (secondary N) is 1. The summed E-state index contributed by atoms with van der Waals surface area (Å²) in [5.74, 6) is -0.401. The first-order valence-corrected chi connectivity index (χ1v) is 5.91. The summed E-state index contributed by atoms with van der Waals surface area (Å²) >= 11 is 0. The number of halogens is 1. The predicted octanol–water partition coefficient (Wildman–Crippen LogP) is 2.32. The first kappa shape index (κ1) is 12.4. The fourth-order valence-corrected chi connectivity index (χ4v) is 1.91. The molecule has 1 aromatic carbocycles. The summed E-state index contributed by atoms with van der Waals surface area (Å²) in [4.78, 5) is 0.